The highest BCUT2D eigenvalue weighted by Crippen LogP contribution is 1.86. The number of hydrazine groups is 3. The van der Waals surface area contributed by atoms with Gasteiger partial charge in [-0.1, -0.05) is 13.8 Å². The minimum atomic E-state index is 1.03. The third-order valence-electron chi connectivity index (χ3n) is 1.17. The van der Waals surface area contributed by atoms with Crippen LogP contribution in [-0.2, 0) is 0 Å². The molecule has 0 fully saturated rings. The number of hydrogen-bond donors (Lipinski definition) is 4. The second-order valence-electron chi connectivity index (χ2n) is 2.12. The van der Waals surface area contributed by atoms with Crippen molar-refractivity contribution in [1.29, 1.82) is 0 Å². The van der Waals surface area contributed by atoms with Gasteiger partial charge in [-0.2, -0.15) is 5.53 Å². The van der Waals surface area contributed by atoms with Crippen LogP contribution in [0.5, 0.6) is 0 Å². The lowest BCUT2D eigenvalue weighted by Gasteiger charge is -2.17. The Morgan fingerprint density at radius 3 is 1.64 bits per heavy atom. The van der Waals surface area contributed by atoms with Crippen LogP contribution in [0.4, 0.5) is 0 Å². The summed E-state index contributed by atoms with van der Waals surface area (Å²) in [4.78, 5) is 0. The molecule has 7 N–H and O–H groups in total. The van der Waals surface area contributed by atoms with Crippen molar-refractivity contribution in [3.05, 3.63) is 0 Å². The van der Waals surface area contributed by atoms with Crippen LogP contribution in [0.3, 0.4) is 0 Å². The Labute approximate surface area is 68.8 Å². The molecule has 70 valence electrons. The van der Waals surface area contributed by atoms with Crippen molar-refractivity contribution < 1.29 is 0 Å². The molecular weight excluding hydrogens is 142 g/mol. The van der Waals surface area contributed by atoms with E-state index in [2.05, 4.69) is 31.1 Å². The molecule has 0 aromatic heterocycles. The summed E-state index contributed by atoms with van der Waals surface area (Å²) in [5.74, 6) is 13.2. The molecule has 5 heteroatoms. The van der Waals surface area contributed by atoms with Gasteiger partial charge in [0, 0.05) is 13.1 Å². The third-order valence-corrected chi connectivity index (χ3v) is 1.17. The molecule has 0 aliphatic rings. The van der Waals surface area contributed by atoms with E-state index in [9.17, 15) is 0 Å². The van der Waals surface area contributed by atoms with E-state index in [1.165, 1.54) is 0 Å². The number of nitrogens with one attached hydrogen (secondary N) is 1. The molecule has 0 atom stereocenters. The molecule has 11 heavy (non-hydrogen) atoms. The van der Waals surface area contributed by atoms with Gasteiger partial charge in [-0.05, 0) is 12.8 Å². The fourth-order valence-electron chi connectivity index (χ4n) is 0.781. The maximum atomic E-state index is 5.22. The van der Waals surface area contributed by atoms with Gasteiger partial charge in [0.05, 0.1) is 0 Å². The fourth-order valence-corrected chi connectivity index (χ4v) is 0.781. The average molecular weight is 163 g/mol. The first-order chi connectivity index (χ1) is 5.35. The molecule has 0 aliphatic carbocycles. The summed E-state index contributed by atoms with van der Waals surface area (Å²) in [6.07, 6.45) is 2.29. The van der Waals surface area contributed by atoms with Gasteiger partial charge in [0.2, 0.25) is 0 Å². The van der Waals surface area contributed by atoms with Crippen LogP contribution in [0.1, 0.15) is 26.7 Å². The minimum Gasteiger partial charge on any atom is -0.274 e. The molecule has 0 aliphatic heterocycles. The van der Waals surface area contributed by atoms with Gasteiger partial charge in [0.15, 0.2) is 0 Å². The minimum absolute atomic E-state index is 1.03. The molecule has 0 rings (SSSR count). The molecule has 0 aromatic rings. The van der Waals surface area contributed by atoms with Gasteiger partial charge in [-0.15, -0.1) is 0 Å². The molecule has 0 radical (unpaired) electrons. The monoisotopic (exact) mass is 163 g/mol. The van der Waals surface area contributed by atoms with Crippen LogP contribution in [0.25, 0.3) is 0 Å². The summed E-state index contributed by atoms with van der Waals surface area (Å²) in [6, 6.07) is 0. The lowest BCUT2D eigenvalue weighted by Crippen LogP contribution is -2.43. The molecule has 0 aromatic carbocycles. The van der Waals surface area contributed by atoms with Crippen LogP contribution in [0.2, 0.25) is 0 Å². The van der Waals surface area contributed by atoms with E-state index in [-0.39, 0.29) is 0 Å². The number of nitrogens with zero attached hydrogens (tertiary/aromatic N) is 1. The molecule has 0 saturated carbocycles. The fraction of sp³-hybridized carbons (Fsp3) is 1.00. The SMILES string of the molecule is CCCN(CCC)NN.NN. The molecular formula is C6H21N5. The van der Waals surface area contributed by atoms with Crippen LogP contribution < -0.4 is 23.1 Å². The number of hydrogen-bond acceptors (Lipinski definition) is 5. The molecule has 0 unspecified atom stereocenters. The van der Waals surface area contributed by atoms with Crippen LogP contribution >= 0.6 is 0 Å². The van der Waals surface area contributed by atoms with Crippen LogP contribution in [0, 0.1) is 0 Å². The Morgan fingerprint density at radius 2 is 1.45 bits per heavy atom. The van der Waals surface area contributed by atoms with E-state index in [1.54, 1.807) is 0 Å². The van der Waals surface area contributed by atoms with Crippen molar-refractivity contribution >= 4 is 0 Å². The Hall–Kier alpha value is -0.200. The van der Waals surface area contributed by atoms with Crippen molar-refractivity contribution in [2.45, 2.75) is 26.7 Å². The quantitative estimate of drug-likeness (QED) is 0.318. The maximum Gasteiger partial charge on any atom is 0.0141 e. The smallest absolute Gasteiger partial charge is 0.0141 e. The van der Waals surface area contributed by atoms with Gasteiger partial charge in [-0.25, -0.2) is 5.01 Å². The lowest BCUT2D eigenvalue weighted by molar-refractivity contribution is 0.190. The van der Waals surface area contributed by atoms with E-state index in [1.807, 2.05) is 5.01 Å². The van der Waals surface area contributed by atoms with Gasteiger partial charge in [-0.3, -0.25) is 17.5 Å². The first kappa shape index (κ1) is 13.4. The second kappa shape index (κ2) is 12.5. The molecule has 0 saturated heterocycles. The van der Waals surface area contributed by atoms with Gasteiger partial charge in [0.1, 0.15) is 0 Å². The number of rotatable bonds is 5. The first-order valence-corrected chi connectivity index (χ1v) is 3.89. The van der Waals surface area contributed by atoms with Crippen molar-refractivity contribution in [2.24, 2.45) is 17.5 Å². The summed E-state index contributed by atoms with van der Waals surface area (Å²) in [5, 5.41) is 2.01. The highest BCUT2D eigenvalue weighted by Gasteiger charge is 1.95. The number of nitrogens with two attached hydrogens (primary N) is 3. The van der Waals surface area contributed by atoms with E-state index in [0.29, 0.717) is 0 Å². The van der Waals surface area contributed by atoms with Gasteiger partial charge in [0.25, 0.3) is 0 Å². The van der Waals surface area contributed by atoms with Crippen molar-refractivity contribution in [3.63, 3.8) is 0 Å². The maximum absolute atomic E-state index is 5.22. The summed E-state index contributed by atoms with van der Waals surface area (Å²) in [6.45, 7) is 6.34. The summed E-state index contributed by atoms with van der Waals surface area (Å²) in [7, 11) is 0. The van der Waals surface area contributed by atoms with Gasteiger partial charge >= 0.3 is 0 Å². The Morgan fingerprint density at radius 1 is 1.09 bits per heavy atom. The molecule has 0 amide bonds. The van der Waals surface area contributed by atoms with E-state index >= 15 is 0 Å². The van der Waals surface area contributed by atoms with E-state index < -0.39 is 0 Å². The van der Waals surface area contributed by atoms with Crippen LogP contribution in [0.15, 0.2) is 0 Å². The molecule has 5 nitrogen and oxygen atoms in total. The second-order valence-corrected chi connectivity index (χ2v) is 2.12. The predicted molar refractivity (Wildman–Crippen MR) is 47.9 cm³/mol. The molecule has 0 heterocycles. The zero-order chi connectivity index (χ0) is 9.11. The summed E-state index contributed by atoms with van der Waals surface area (Å²) in [5.41, 5.74) is 2.64. The summed E-state index contributed by atoms with van der Waals surface area (Å²) >= 11 is 0. The lowest BCUT2D eigenvalue weighted by atomic mass is 10.4. The predicted octanol–water partition coefficient (Wildman–Crippen LogP) is -0.694. The molecule has 0 bridgehead atoms. The third kappa shape index (κ3) is 9.80. The Bertz CT molecular complexity index is 52.9. The van der Waals surface area contributed by atoms with E-state index in [0.717, 1.165) is 25.9 Å². The molecule has 0 spiro atoms. The topological polar surface area (TPSA) is 93.3 Å². The van der Waals surface area contributed by atoms with Gasteiger partial charge < -0.3 is 0 Å². The zero-order valence-electron chi connectivity index (χ0n) is 7.51. The highest BCUT2D eigenvalue weighted by molar-refractivity contribution is 4.44. The summed E-state index contributed by atoms with van der Waals surface area (Å²) < 4.78 is 0. The Kier molecular flexibility index (Phi) is 15.2. The Balaban J connectivity index is 0. The standard InChI is InChI=1S/C6H17N3.H4N2/c1-3-5-9(8-7)6-4-2;1-2/h8H,3-7H2,1-2H3;1-2H2. The van der Waals surface area contributed by atoms with Crippen molar-refractivity contribution in [3.8, 4) is 0 Å². The largest absolute Gasteiger partial charge is 0.274 e. The van der Waals surface area contributed by atoms with Crippen LogP contribution in [-0.4, -0.2) is 18.1 Å². The average Bonchev–Trinajstić information content (AvgIpc) is 2.08. The van der Waals surface area contributed by atoms with Crippen molar-refractivity contribution in [1.82, 2.24) is 10.5 Å². The first-order valence-electron chi connectivity index (χ1n) is 3.89. The zero-order valence-corrected chi connectivity index (χ0v) is 7.51. The normalized spacial score (nSPS) is 9.27. The highest BCUT2D eigenvalue weighted by atomic mass is 15.6. The van der Waals surface area contributed by atoms with E-state index in [4.69, 9.17) is 5.84 Å². The van der Waals surface area contributed by atoms with Crippen molar-refractivity contribution in [2.75, 3.05) is 13.1 Å².